The van der Waals surface area contributed by atoms with Crippen LogP contribution in [0.1, 0.15) is 24.2 Å². The molecule has 2 N–H and O–H groups in total. The largest absolute Gasteiger partial charge is 0.367 e. The number of carbonyl (C=O) groups excluding carboxylic acids is 1. The molecule has 0 aliphatic heterocycles. The van der Waals surface area contributed by atoms with Crippen molar-refractivity contribution in [1.82, 2.24) is 4.98 Å². The summed E-state index contributed by atoms with van der Waals surface area (Å²) in [7, 11) is -1.09. The minimum atomic E-state index is -1.09. The molecule has 6 heteroatoms. The minimum Gasteiger partial charge on any atom is -0.367 e. The summed E-state index contributed by atoms with van der Waals surface area (Å²) in [5.41, 5.74) is 1.08. The number of pyridine rings is 1. The Bertz CT molecular complexity index is 701. The number of nitrogens with zero attached hydrogens (tertiary/aromatic N) is 1. The lowest BCUT2D eigenvalue weighted by Crippen LogP contribution is -2.18. The number of aromatic nitrogens is 1. The van der Waals surface area contributed by atoms with Gasteiger partial charge in [0.15, 0.2) is 0 Å². The number of hydrogen-bond donors (Lipinski definition) is 2. The summed E-state index contributed by atoms with van der Waals surface area (Å²) in [5, 5.41) is 5.96. The van der Waals surface area contributed by atoms with Gasteiger partial charge in [-0.05, 0) is 44.2 Å². The van der Waals surface area contributed by atoms with Crippen LogP contribution >= 0.6 is 0 Å². The van der Waals surface area contributed by atoms with Crippen LogP contribution in [0.25, 0.3) is 0 Å². The average molecular weight is 317 g/mol. The van der Waals surface area contributed by atoms with Crippen molar-refractivity contribution in [3.05, 3.63) is 48.2 Å². The molecule has 22 heavy (non-hydrogen) atoms. The Morgan fingerprint density at radius 2 is 2.00 bits per heavy atom. The number of carbonyl (C=O) groups is 1. The second-order valence-corrected chi connectivity index (χ2v) is 6.51. The van der Waals surface area contributed by atoms with Gasteiger partial charge < -0.3 is 10.6 Å². The maximum absolute atomic E-state index is 12.4. The van der Waals surface area contributed by atoms with Gasteiger partial charge in [0.05, 0.1) is 5.56 Å². The minimum absolute atomic E-state index is 0.173. The van der Waals surface area contributed by atoms with E-state index in [4.69, 9.17) is 0 Å². The van der Waals surface area contributed by atoms with Gasteiger partial charge in [0.2, 0.25) is 0 Å². The highest BCUT2D eigenvalue weighted by Gasteiger charge is 2.13. The van der Waals surface area contributed by atoms with Crippen molar-refractivity contribution in [1.29, 1.82) is 0 Å². The van der Waals surface area contributed by atoms with Crippen molar-refractivity contribution in [2.45, 2.75) is 24.8 Å². The molecule has 5 nitrogen and oxygen atoms in total. The highest BCUT2D eigenvalue weighted by molar-refractivity contribution is 7.84. The van der Waals surface area contributed by atoms with Crippen LogP contribution in [0, 0.1) is 0 Å². The zero-order valence-electron chi connectivity index (χ0n) is 12.8. The number of rotatable bonds is 5. The number of anilines is 2. The van der Waals surface area contributed by atoms with Gasteiger partial charge in [0.25, 0.3) is 5.91 Å². The van der Waals surface area contributed by atoms with Crippen LogP contribution in [0.2, 0.25) is 0 Å². The van der Waals surface area contributed by atoms with Crippen LogP contribution in [-0.2, 0) is 10.8 Å². The first-order valence-corrected chi connectivity index (χ1v) is 8.49. The molecule has 116 valence electrons. The molecule has 1 aromatic heterocycles. The van der Waals surface area contributed by atoms with Crippen LogP contribution < -0.4 is 10.6 Å². The Labute approximate surface area is 132 Å². The van der Waals surface area contributed by atoms with Gasteiger partial charge in [-0.3, -0.25) is 9.00 Å². The zero-order chi connectivity index (χ0) is 16.1. The fraction of sp³-hybridized carbons (Fsp3) is 0.250. The van der Waals surface area contributed by atoms with Crippen molar-refractivity contribution in [3.63, 3.8) is 0 Å². The Morgan fingerprint density at radius 1 is 1.23 bits per heavy atom. The van der Waals surface area contributed by atoms with Gasteiger partial charge in [0.1, 0.15) is 5.82 Å². The molecular weight excluding hydrogens is 298 g/mol. The zero-order valence-corrected chi connectivity index (χ0v) is 13.6. The quantitative estimate of drug-likeness (QED) is 0.889. The van der Waals surface area contributed by atoms with Crippen molar-refractivity contribution < 1.29 is 9.00 Å². The van der Waals surface area contributed by atoms with Crippen molar-refractivity contribution in [2.75, 3.05) is 16.9 Å². The van der Waals surface area contributed by atoms with Crippen LogP contribution in [-0.4, -0.2) is 27.4 Å². The lowest BCUT2D eigenvalue weighted by molar-refractivity contribution is 0.102. The van der Waals surface area contributed by atoms with Crippen LogP contribution in [0.3, 0.4) is 0 Å². The first-order chi connectivity index (χ1) is 10.5. The van der Waals surface area contributed by atoms with E-state index < -0.39 is 10.8 Å². The van der Waals surface area contributed by atoms with E-state index in [0.29, 0.717) is 22.0 Å². The molecule has 1 unspecified atom stereocenters. The Morgan fingerprint density at radius 3 is 2.68 bits per heavy atom. The van der Waals surface area contributed by atoms with E-state index in [0.717, 1.165) is 0 Å². The molecule has 0 aliphatic carbocycles. The van der Waals surface area contributed by atoms with E-state index in [-0.39, 0.29) is 11.9 Å². The summed E-state index contributed by atoms with van der Waals surface area (Å²) < 4.78 is 11.5. The molecule has 0 saturated carbocycles. The van der Waals surface area contributed by atoms with Gasteiger partial charge in [-0.15, -0.1) is 0 Å². The van der Waals surface area contributed by atoms with E-state index >= 15 is 0 Å². The Balaban J connectivity index is 2.22. The van der Waals surface area contributed by atoms with Gasteiger partial charge in [-0.1, -0.05) is 6.07 Å². The third-order valence-electron chi connectivity index (χ3n) is 2.90. The third-order valence-corrected chi connectivity index (χ3v) is 3.82. The van der Waals surface area contributed by atoms with E-state index in [9.17, 15) is 9.00 Å². The SMILES string of the molecule is CC(C)Nc1ncccc1C(=O)Nc1cccc(S(C)=O)c1. The lowest BCUT2D eigenvalue weighted by Gasteiger charge is -2.13. The van der Waals surface area contributed by atoms with Crippen LogP contribution in [0.15, 0.2) is 47.5 Å². The van der Waals surface area contributed by atoms with E-state index in [1.54, 1.807) is 48.9 Å². The number of nitrogens with one attached hydrogen (secondary N) is 2. The normalized spacial score (nSPS) is 12.0. The topological polar surface area (TPSA) is 71.1 Å². The highest BCUT2D eigenvalue weighted by Crippen LogP contribution is 2.17. The van der Waals surface area contributed by atoms with Crippen molar-refractivity contribution in [2.24, 2.45) is 0 Å². The first-order valence-electron chi connectivity index (χ1n) is 6.94. The molecule has 2 rings (SSSR count). The molecule has 0 aliphatic rings. The summed E-state index contributed by atoms with van der Waals surface area (Å²) in [4.78, 5) is 17.3. The van der Waals surface area contributed by atoms with Gasteiger partial charge >= 0.3 is 0 Å². The van der Waals surface area contributed by atoms with Crippen molar-refractivity contribution in [3.8, 4) is 0 Å². The van der Waals surface area contributed by atoms with Crippen LogP contribution in [0.4, 0.5) is 11.5 Å². The second-order valence-electron chi connectivity index (χ2n) is 5.13. The maximum Gasteiger partial charge on any atom is 0.259 e. The van der Waals surface area contributed by atoms with E-state index in [1.807, 2.05) is 13.8 Å². The predicted octanol–water partition coefficient (Wildman–Crippen LogP) is 2.89. The van der Waals surface area contributed by atoms with Gasteiger partial charge in [-0.2, -0.15) is 0 Å². The molecule has 1 amide bonds. The molecule has 2 aromatic rings. The fourth-order valence-corrected chi connectivity index (χ4v) is 2.49. The van der Waals surface area contributed by atoms with E-state index in [1.165, 1.54) is 0 Å². The Kier molecular flexibility index (Phi) is 5.27. The van der Waals surface area contributed by atoms with E-state index in [2.05, 4.69) is 15.6 Å². The summed E-state index contributed by atoms with van der Waals surface area (Å²) in [6.45, 7) is 3.97. The highest BCUT2D eigenvalue weighted by atomic mass is 32.2. The first kappa shape index (κ1) is 16.2. The molecule has 0 fully saturated rings. The molecule has 1 heterocycles. The molecular formula is C16H19N3O2S. The van der Waals surface area contributed by atoms with Gasteiger partial charge in [0, 0.05) is 39.9 Å². The molecule has 0 radical (unpaired) electrons. The summed E-state index contributed by atoms with van der Waals surface area (Å²) >= 11 is 0. The second kappa shape index (κ2) is 7.17. The summed E-state index contributed by atoms with van der Waals surface area (Å²) in [6.07, 6.45) is 3.25. The smallest absolute Gasteiger partial charge is 0.259 e. The summed E-state index contributed by atoms with van der Waals surface area (Å²) in [6, 6.07) is 10.6. The molecule has 0 spiro atoms. The lowest BCUT2D eigenvalue weighted by atomic mass is 10.2. The number of hydrogen-bond acceptors (Lipinski definition) is 4. The molecule has 1 aromatic carbocycles. The maximum atomic E-state index is 12.4. The third kappa shape index (κ3) is 4.14. The predicted molar refractivity (Wildman–Crippen MR) is 89.7 cm³/mol. The number of amides is 1. The van der Waals surface area contributed by atoms with Crippen LogP contribution in [0.5, 0.6) is 0 Å². The molecule has 0 bridgehead atoms. The Hall–Kier alpha value is -2.21. The average Bonchev–Trinajstić information content (AvgIpc) is 2.47. The summed E-state index contributed by atoms with van der Waals surface area (Å²) in [5.74, 6) is 0.292. The fourth-order valence-electron chi connectivity index (χ4n) is 1.93. The van der Waals surface area contributed by atoms with Crippen molar-refractivity contribution >= 4 is 28.2 Å². The standard InChI is InChI=1S/C16H19N3O2S/c1-11(2)18-15-14(8-5-9-17-15)16(20)19-12-6-4-7-13(10-12)22(3)21/h4-11H,1-3H3,(H,17,18)(H,19,20). The number of benzene rings is 1. The molecule has 0 saturated heterocycles. The van der Waals surface area contributed by atoms with Gasteiger partial charge in [-0.25, -0.2) is 4.98 Å². The monoisotopic (exact) mass is 317 g/mol. The molecule has 1 atom stereocenters.